The molecule has 1 saturated heterocycles. The Morgan fingerprint density at radius 3 is 2.55 bits per heavy atom. The molecular formula is C18H30N2. The zero-order chi connectivity index (χ0) is 14.4. The molecule has 0 amide bonds. The average molecular weight is 274 g/mol. The van der Waals surface area contributed by atoms with Crippen molar-refractivity contribution in [3.8, 4) is 0 Å². The normalized spacial score (nSPS) is 23.4. The molecule has 1 aromatic rings. The molecule has 20 heavy (non-hydrogen) atoms. The Bertz CT molecular complexity index is 380. The van der Waals surface area contributed by atoms with Gasteiger partial charge < -0.3 is 5.32 Å². The Morgan fingerprint density at radius 1 is 1.25 bits per heavy atom. The van der Waals surface area contributed by atoms with E-state index in [0.29, 0.717) is 11.5 Å². The van der Waals surface area contributed by atoms with Gasteiger partial charge in [0.25, 0.3) is 0 Å². The largest absolute Gasteiger partial charge is 0.316 e. The SMILES string of the molecule is CCC1(CN(Cc2ccccc2)C(C)C)CCCNC1. The second-order valence-electron chi connectivity index (χ2n) is 6.62. The van der Waals surface area contributed by atoms with Crippen molar-refractivity contribution in [1.29, 1.82) is 0 Å². The Kier molecular flexibility index (Phi) is 5.62. The highest BCUT2D eigenvalue weighted by Crippen LogP contribution is 2.32. The summed E-state index contributed by atoms with van der Waals surface area (Å²) in [7, 11) is 0. The Morgan fingerprint density at radius 2 is 2.00 bits per heavy atom. The lowest BCUT2D eigenvalue weighted by molar-refractivity contribution is 0.0860. The molecule has 1 fully saturated rings. The number of piperidine rings is 1. The fraction of sp³-hybridized carbons (Fsp3) is 0.667. The van der Waals surface area contributed by atoms with E-state index in [2.05, 4.69) is 61.3 Å². The van der Waals surface area contributed by atoms with Gasteiger partial charge in [-0.15, -0.1) is 0 Å². The summed E-state index contributed by atoms with van der Waals surface area (Å²) >= 11 is 0. The first-order chi connectivity index (χ1) is 9.65. The van der Waals surface area contributed by atoms with Crippen molar-refractivity contribution in [2.75, 3.05) is 19.6 Å². The van der Waals surface area contributed by atoms with Gasteiger partial charge in [0.15, 0.2) is 0 Å². The first-order valence-corrected chi connectivity index (χ1v) is 8.14. The van der Waals surface area contributed by atoms with Gasteiger partial charge in [-0.1, -0.05) is 37.3 Å². The third-order valence-electron chi connectivity index (χ3n) is 4.81. The molecule has 1 heterocycles. The summed E-state index contributed by atoms with van der Waals surface area (Å²) in [4.78, 5) is 2.64. The lowest BCUT2D eigenvalue weighted by Gasteiger charge is -2.42. The minimum absolute atomic E-state index is 0.470. The van der Waals surface area contributed by atoms with Crippen LogP contribution in [0.15, 0.2) is 30.3 Å². The van der Waals surface area contributed by atoms with E-state index in [-0.39, 0.29) is 0 Å². The van der Waals surface area contributed by atoms with Crippen LogP contribution in [-0.4, -0.2) is 30.6 Å². The molecule has 0 aliphatic carbocycles. The lowest BCUT2D eigenvalue weighted by atomic mass is 9.77. The summed E-state index contributed by atoms with van der Waals surface area (Å²) in [6.45, 7) is 11.7. The van der Waals surface area contributed by atoms with Crippen LogP contribution < -0.4 is 5.32 Å². The third kappa shape index (κ3) is 4.07. The highest BCUT2D eigenvalue weighted by molar-refractivity contribution is 5.14. The van der Waals surface area contributed by atoms with Crippen LogP contribution >= 0.6 is 0 Å². The highest BCUT2D eigenvalue weighted by Gasteiger charge is 2.32. The van der Waals surface area contributed by atoms with E-state index in [1.807, 2.05) is 0 Å². The first kappa shape index (κ1) is 15.5. The average Bonchev–Trinajstić information content (AvgIpc) is 2.48. The van der Waals surface area contributed by atoms with Crippen molar-refractivity contribution in [1.82, 2.24) is 10.2 Å². The maximum atomic E-state index is 3.61. The molecule has 1 atom stereocenters. The van der Waals surface area contributed by atoms with Crippen molar-refractivity contribution in [2.45, 2.75) is 52.6 Å². The van der Waals surface area contributed by atoms with Gasteiger partial charge in [0.1, 0.15) is 0 Å². The number of rotatable bonds is 6. The molecule has 1 unspecified atom stereocenters. The summed E-state index contributed by atoms with van der Waals surface area (Å²) in [5.41, 5.74) is 1.90. The molecule has 2 nitrogen and oxygen atoms in total. The molecule has 1 aliphatic rings. The molecule has 1 N–H and O–H groups in total. The van der Waals surface area contributed by atoms with E-state index < -0.39 is 0 Å². The minimum Gasteiger partial charge on any atom is -0.316 e. The fourth-order valence-electron chi connectivity index (χ4n) is 3.25. The van der Waals surface area contributed by atoms with Crippen LogP contribution in [0.4, 0.5) is 0 Å². The first-order valence-electron chi connectivity index (χ1n) is 8.14. The van der Waals surface area contributed by atoms with Gasteiger partial charge in [0.2, 0.25) is 0 Å². The van der Waals surface area contributed by atoms with Gasteiger partial charge in [-0.2, -0.15) is 0 Å². The van der Waals surface area contributed by atoms with Gasteiger partial charge in [-0.3, -0.25) is 4.90 Å². The summed E-state index contributed by atoms with van der Waals surface area (Å²) in [6, 6.07) is 11.5. The third-order valence-corrected chi connectivity index (χ3v) is 4.81. The molecule has 0 aromatic heterocycles. The molecule has 112 valence electrons. The highest BCUT2D eigenvalue weighted by atomic mass is 15.2. The van der Waals surface area contributed by atoms with Crippen LogP contribution in [0.5, 0.6) is 0 Å². The van der Waals surface area contributed by atoms with Crippen LogP contribution in [0.25, 0.3) is 0 Å². The second kappa shape index (κ2) is 7.24. The topological polar surface area (TPSA) is 15.3 Å². The van der Waals surface area contributed by atoms with Gasteiger partial charge in [-0.25, -0.2) is 0 Å². The van der Waals surface area contributed by atoms with Crippen molar-refractivity contribution in [2.24, 2.45) is 5.41 Å². The van der Waals surface area contributed by atoms with Gasteiger partial charge in [0, 0.05) is 25.7 Å². The summed E-state index contributed by atoms with van der Waals surface area (Å²) in [6.07, 6.45) is 3.97. The van der Waals surface area contributed by atoms with Crippen LogP contribution in [-0.2, 0) is 6.54 Å². The number of benzene rings is 1. The van der Waals surface area contributed by atoms with E-state index in [1.165, 1.54) is 44.5 Å². The van der Waals surface area contributed by atoms with Crippen molar-refractivity contribution in [3.63, 3.8) is 0 Å². The summed E-state index contributed by atoms with van der Waals surface area (Å²) in [5, 5.41) is 3.61. The standard InChI is InChI=1S/C18H30N2/c1-4-18(11-8-12-19-14-18)15-20(16(2)3)13-17-9-6-5-7-10-17/h5-7,9-10,16,19H,4,8,11-15H2,1-3H3. The monoisotopic (exact) mass is 274 g/mol. The fourth-order valence-corrected chi connectivity index (χ4v) is 3.25. The van der Waals surface area contributed by atoms with Crippen molar-refractivity contribution < 1.29 is 0 Å². The Labute approximate surface area is 124 Å². The molecule has 0 radical (unpaired) electrons. The van der Waals surface area contributed by atoms with Crippen LogP contribution in [0.1, 0.15) is 45.6 Å². The van der Waals surface area contributed by atoms with Gasteiger partial charge >= 0.3 is 0 Å². The molecule has 0 spiro atoms. The predicted octanol–water partition coefficient (Wildman–Crippen LogP) is 3.68. The second-order valence-corrected chi connectivity index (χ2v) is 6.62. The zero-order valence-corrected chi connectivity index (χ0v) is 13.4. The molecule has 0 saturated carbocycles. The molecule has 2 rings (SSSR count). The quantitative estimate of drug-likeness (QED) is 0.851. The zero-order valence-electron chi connectivity index (χ0n) is 13.4. The van der Waals surface area contributed by atoms with Crippen molar-refractivity contribution in [3.05, 3.63) is 35.9 Å². The number of nitrogens with one attached hydrogen (secondary N) is 1. The smallest absolute Gasteiger partial charge is 0.0236 e. The Balaban J connectivity index is 2.04. The van der Waals surface area contributed by atoms with Gasteiger partial charge in [-0.05, 0) is 50.6 Å². The maximum absolute atomic E-state index is 3.61. The number of hydrogen-bond donors (Lipinski definition) is 1. The maximum Gasteiger partial charge on any atom is 0.0236 e. The number of hydrogen-bond acceptors (Lipinski definition) is 2. The summed E-state index contributed by atoms with van der Waals surface area (Å²) in [5.74, 6) is 0. The van der Waals surface area contributed by atoms with Crippen LogP contribution in [0, 0.1) is 5.41 Å². The molecule has 1 aromatic carbocycles. The molecular weight excluding hydrogens is 244 g/mol. The van der Waals surface area contributed by atoms with E-state index in [9.17, 15) is 0 Å². The van der Waals surface area contributed by atoms with Crippen molar-refractivity contribution >= 4 is 0 Å². The van der Waals surface area contributed by atoms with E-state index in [0.717, 1.165) is 6.54 Å². The lowest BCUT2D eigenvalue weighted by Crippen LogP contribution is -2.48. The van der Waals surface area contributed by atoms with Crippen LogP contribution in [0.3, 0.4) is 0 Å². The van der Waals surface area contributed by atoms with Crippen LogP contribution in [0.2, 0.25) is 0 Å². The molecule has 2 heteroatoms. The van der Waals surface area contributed by atoms with E-state index >= 15 is 0 Å². The molecule has 1 aliphatic heterocycles. The minimum atomic E-state index is 0.470. The summed E-state index contributed by atoms with van der Waals surface area (Å²) < 4.78 is 0. The van der Waals surface area contributed by atoms with Gasteiger partial charge in [0.05, 0.1) is 0 Å². The van der Waals surface area contributed by atoms with E-state index in [4.69, 9.17) is 0 Å². The number of nitrogens with zero attached hydrogens (tertiary/aromatic N) is 1. The predicted molar refractivity (Wildman–Crippen MR) is 86.8 cm³/mol. The Hall–Kier alpha value is -0.860. The molecule has 0 bridgehead atoms. The van der Waals surface area contributed by atoms with E-state index in [1.54, 1.807) is 0 Å².